The zero-order chi connectivity index (χ0) is 23.4. The number of aromatic nitrogens is 4. The van der Waals surface area contributed by atoms with E-state index in [9.17, 15) is 4.79 Å². The van der Waals surface area contributed by atoms with E-state index in [4.69, 9.17) is 20.3 Å². The van der Waals surface area contributed by atoms with Crippen molar-refractivity contribution in [3.63, 3.8) is 0 Å². The third-order valence-electron chi connectivity index (χ3n) is 5.25. The van der Waals surface area contributed by atoms with Gasteiger partial charge in [-0.3, -0.25) is 4.79 Å². The number of hydrogen-bond donors (Lipinski definition) is 1. The normalized spacial score (nSPS) is 10.7. The van der Waals surface area contributed by atoms with Crippen LogP contribution in [0.15, 0.2) is 67.5 Å². The smallest absolute Gasteiger partial charge is 0.250 e. The third kappa shape index (κ3) is 4.20. The van der Waals surface area contributed by atoms with E-state index < -0.39 is 0 Å². The average molecular weight is 444 g/mol. The summed E-state index contributed by atoms with van der Waals surface area (Å²) < 4.78 is 12.5. The highest BCUT2D eigenvalue weighted by Crippen LogP contribution is 2.31. The molecule has 1 amide bonds. The van der Waals surface area contributed by atoms with Gasteiger partial charge >= 0.3 is 0 Å². The Hall–Kier alpha value is -4.40. The van der Waals surface area contributed by atoms with E-state index in [1.54, 1.807) is 35.9 Å². The summed E-state index contributed by atoms with van der Waals surface area (Å²) in [5.41, 5.74) is 9.59. The van der Waals surface area contributed by atoms with E-state index in [2.05, 4.69) is 16.5 Å². The first-order valence-corrected chi connectivity index (χ1v) is 10.3. The molecule has 0 radical (unpaired) electrons. The molecule has 168 valence electrons. The number of amides is 1. The van der Waals surface area contributed by atoms with Crippen molar-refractivity contribution in [3.8, 4) is 17.2 Å². The maximum atomic E-state index is 12.5. The predicted molar refractivity (Wildman–Crippen MR) is 127 cm³/mol. The molecule has 0 unspecified atom stereocenters. The van der Waals surface area contributed by atoms with Gasteiger partial charge in [0.2, 0.25) is 5.91 Å². The molecule has 9 nitrogen and oxygen atoms in total. The first-order valence-electron chi connectivity index (χ1n) is 10.3. The van der Waals surface area contributed by atoms with Crippen molar-refractivity contribution in [1.29, 1.82) is 0 Å². The van der Waals surface area contributed by atoms with Crippen LogP contribution in [-0.2, 0) is 11.2 Å². The van der Waals surface area contributed by atoms with E-state index in [0.717, 1.165) is 5.69 Å². The van der Waals surface area contributed by atoms with Crippen molar-refractivity contribution in [1.82, 2.24) is 19.7 Å². The largest absolute Gasteiger partial charge is 0.493 e. The van der Waals surface area contributed by atoms with Gasteiger partial charge in [0.15, 0.2) is 17.3 Å². The summed E-state index contributed by atoms with van der Waals surface area (Å²) >= 11 is 0. The van der Waals surface area contributed by atoms with E-state index in [1.807, 2.05) is 36.4 Å². The Morgan fingerprint density at radius 3 is 2.58 bits per heavy atom. The summed E-state index contributed by atoms with van der Waals surface area (Å²) in [4.78, 5) is 22.7. The second-order valence-corrected chi connectivity index (χ2v) is 7.13. The van der Waals surface area contributed by atoms with Crippen LogP contribution >= 0.6 is 0 Å². The Morgan fingerprint density at radius 2 is 1.88 bits per heavy atom. The number of methoxy groups -OCH3 is 2. The summed E-state index contributed by atoms with van der Waals surface area (Å²) in [5, 5.41) is 4.78. The molecule has 0 fully saturated rings. The average Bonchev–Trinajstić information content (AvgIpc) is 3.24. The van der Waals surface area contributed by atoms with Gasteiger partial charge in [0.1, 0.15) is 17.4 Å². The highest BCUT2D eigenvalue weighted by atomic mass is 16.5. The third-order valence-corrected chi connectivity index (χ3v) is 5.25. The van der Waals surface area contributed by atoms with Crippen LogP contribution in [0.1, 0.15) is 5.69 Å². The van der Waals surface area contributed by atoms with Crippen molar-refractivity contribution in [2.75, 3.05) is 31.4 Å². The standard InChI is InChI=1S/C24H24N6O3/c1-4-21(31)29(16-8-6-5-7-9-16)13-12-18-22-23(24(25)27-15-26-22)30(28-18)17-10-11-19(32-2)20(14-17)33-3/h4-11,14-15H,1,12-13H2,2-3H3,(H2,25,26,27). The maximum Gasteiger partial charge on any atom is 0.250 e. The fourth-order valence-corrected chi connectivity index (χ4v) is 3.64. The molecule has 0 atom stereocenters. The monoisotopic (exact) mass is 444 g/mol. The lowest BCUT2D eigenvalue weighted by Crippen LogP contribution is -2.31. The Bertz CT molecular complexity index is 1300. The van der Waals surface area contributed by atoms with Gasteiger partial charge in [-0.25, -0.2) is 14.6 Å². The number of rotatable bonds is 8. The number of nitrogens with two attached hydrogens (primary N) is 1. The number of para-hydroxylation sites is 1. The van der Waals surface area contributed by atoms with Crippen LogP contribution in [-0.4, -0.2) is 46.4 Å². The van der Waals surface area contributed by atoms with Crippen LogP contribution in [0, 0.1) is 0 Å². The molecule has 4 aromatic rings. The zero-order valence-corrected chi connectivity index (χ0v) is 18.4. The van der Waals surface area contributed by atoms with Crippen molar-refractivity contribution < 1.29 is 14.3 Å². The molecule has 4 rings (SSSR count). The van der Waals surface area contributed by atoms with Crippen molar-refractivity contribution in [2.45, 2.75) is 6.42 Å². The predicted octanol–water partition coefficient (Wildman–Crippen LogP) is 3.18. The quantitative estimate of drug-likeness (QED) is 0.416. The maximum absolute atomic E-state index is 12.5. The van der Waals surface area contributed by atoms with Crippen LogP contribution in [0.5, 0.6) is 11.5 Å². The molecular weight excluding hydrogens is 420 g/mol. The molecule has 9 heteroatoms. The molecule has 0 saturated carbocycles. The minimum absolute atomic E-state index is 0.195. The second-order valence-electron chi connectivity index (χ2n) is 7.13. The SMILES string of the molecule is C=CC(=O)N(CCc1nn(-c2ccc(OC)c(OC)c2)c2c(N)ncnc12)c1ccccc1. The number of nitrogens with zero attached hydrogens (tertiary/aromatic N) is 5. The summed E-state index contributed by atoms with van der Waals surface area (Å²) in [6.45, 7) is 4.01. The Kier molecular flexibility index (Phi) is 6.21. The number of anilines is 2. The van der Waals surface area contributed by atoms with Crippen molar-refractivity contribution in [2.24, 2.45) is 0 Å². The Balaban J connectivity index is 1.75. The fourth-order valence-electron chi connectivity index (χ4n) is 3.64. The number of nitrogen functional groups attached to an aromatic ring is 1. The molecule has 0 aliphatic heterocycles. The molecule has 0 bridgehead atoms. The van der Waals surface area contributed by atoms with Gasteiger partial charge in [-0.1, -0.05) is 24.8 Å². The van der Waals surface area contributed by atoms with Gasteiger partial charge in [-0.15, -0.1) is 0 Å². The van der Waals surface area contributed by atoms with Gasteiger partial charge in [-0.2, -0.15) is 5.10 Å². The first kappa shape index (κ1) is 21.8. The summed E-state index contributed by atoms with van der Waals surface area (Å²) in [5.74, 6) is 1.26. The molecule has 2 aromatic carbocycles. The minimum Gasteiger partial charge on any atom is -0.493 e. The Morgan fingerprint density at radius 1 is 1.12 bits per heavy atom. The summed E-state index contributed by atoms with van der Waals surface area (Å²) in [7, 11) is 3.15. The van der Waals surface area contributed by atoms with E-state index in [-0.39, 0.29) is 5.91 Å². The first-order chi connectivity index (χ1) is 16.1. The van der Waals surface area contributed by atoms with Crippen LogP contribution < -0.4 is 20.1 Å². The minimum atomic E-state index is -0.195. The van der Waals surface area contributed by atoms with Crippen LogP contribution in [0.25, 0.3) is 16.7 Å². The Labute approximate surface area is 191 Å². The summed E-state index contributed by atoms with van der Waals surface area (Å²) in [6.07, 6.45) is 3.15. The zero-order valence-electron chi connectivity index (χ0n) is 18.4. The molecule has 2 heterocycles. The molecule has 33 heavy (non-hydrogen) atoms. The number of benzene rings is 2. The van der Waals surface area contributed by atoms with Gasteiger partial charge in [0, 0.05) is 24.7 Å². The molecular formula is C24H24N6O3. The highest BCUT2D eigenvalue weighted by molar-refractivity contribution is 6.01. The number of hydrogen-bond acceptors (Lipinski definition) is 7. The van der Waals surface area contributed by atoms with Crippen LogP contribution in [0.3, 0.4) is 0 Å². The lowest BCUT2D eigenvalue weighted by molar-refractivity contribution is -0.114. The molecule has 2 aromatic heterocycles. The molecule has 0 aliphatic rings. The number of carbonyl (C=O) groups excluding carboxylic acids is 1. The van der Waals surface area contributed by atoms with Crippen molar-refractivity contribution in [3.05, 3.63) is 73.2 Å². The van der Waals surface area contributed by atoms with Crippen molar-refractivity contribution >= 4 is 28.4 Å². The highest BCUT2D eigenvalue weighted by Gasteiger charge is 2.20. The van der Waals surface area contributed by atoms with E-state index >= 15 is 0 Å². The molecule has 0 spiro atoms. The fraction of sp³-hybridized carbons (Fsp3) is 0.167. The van der Waals surface area contributed by atoms with Gasteiger partial charge in [0.05, 0.1) is 25.6 Å². The van der Waals surface area contributed by atoms with E-state index in [1.165, 1.54) is 12.4 Å². The number of fused-ring (bicyclic) bond motifs is 1. The molecule has 2 N–H and O–H groups in total. The van der Waals surface area contributed by atoms with Crippen LogP contribution in [0.4, 0.5) is 11.5 Å². The van der Waals surface area contributed by atoms with Gasteiger partial charge in [0.25, 0.3) is 0 Å². The van der Waals surface area contributed by atoms with E-state index in [0.29, 0.717) is 52.7 Å². The van der Waals surface area contributed by atoms with Crippen LogP contribution in [0.2, 0.25) is 0 Å². The summed E-state index contributed by atoms with van der Waals surface area (Å²) in [6, 6.07) is 14.9. The lowest BCUT2D eigenvalue weighted by atomic mass is 10.2. The molecule has 0 saturated heterocycles. The number of ether oxygens (including phenoxy) is 2. The topological polar surface area (TPSA) is 108 Å². The number of carbonyl (C=O) groups is 1. The second kappa shape index (κ2) is 9.39. The van der Waals surface area contributed by atoms with Gasteiger partial charge in [-0.05, 0) is 30.3 Å². The molecule has 0 aliphatic carbocycles. The lowest BCUT2D eigenvalue weighted by Gasteiger charge is -2.20. The van der Waals surface area contributed by atoms with Gasteiger partial charge < -0.3 is 20.1 Å².